The first-order chi connectivity index (χ1) is 10.2. The predicted molar refractivity (Wildman–Crippen MR) is 89.5 cm³/mol. The highest BCUT2D eigenvalue weighted by Gasteiger charge is 2.40. The van der Waals surface area contributed by atoms with E-state index in [4.69, 9.17) is 17.3 Å². The van der Waals surface area contributed by atoms with Crippen LogP contribution in [0.4, 0.5) is 0 Å². The number of fused-ring (bicyclic) bond motifs is 1. The third kappa shape index (κ3) is 2.99. The van der Waals surface area contributed by atoms with Gasteiger partial charge in [0.05, 0.1) is 6.04 Å². The molecule has 2 aliphatic rings. The number of benzene rings is 1. The van der Waals surface area contributed by atoms with Crippen molar-refractivity contribution in [1.82, 2.24) is 4.90 Å². The van der Waals surface area contributed by atoms with Gasteiger partial charge in [-0.2, -0.15) is 0 Å². The maximum atomic E-state index is 6.53. The number of likely N-dealkylation sites (tertiary alicyclic amines) is 1. The van der Waals surface area contributed by atoms with Crippen molar-refractivity contribution in [2.75, 3.05) is 6.54 Å². The molecule has 2 nitrogen and oxygen atoms in total. The zero-order valence-corrected chi connectivity index (χ0v) is 13.7. The topological polar surface area (TPSA) is 29.3 Å². The van der Waals surface area contributed by atoms with Gasteiger partial charge in [-0.15, -0.1) is 0 Å². The summed E-state index contributed by atoms with van der Waals surface area (Å²) in [7, 11) is 0. The zero-order valence-electron chi connectivity index (χ0n) is 13.0. The third-order valence-electron chi connectivity index (χ3n) is 5.49. The van der Waals surface area contributed by atoms with E-state index in [0.29, 0.717) is 0 Å². The van der Waals surface area contributed by atoms with Crippen LogP contribution in [-0.2, 0) is 0 Å². The van der Waals surface area contributed by atoms with Crippen molar-refractivity contribution in [2.45, 2.75) is 63.6 Å². The van der Waals surface area contributed by atoms with Crippen molar-refractivity contribution in [3.63, 3.8) is 0 Å². The van der Waals surface area contributed by atoms with E-state index in [1.165, 1.54) is 44.2 Å². The molecule has 1 aliphatic heterocycles. The molecule has 0 amide bonds. The Morgan fingerprint density at radius 1 is 1.24 bits per heavy atom. The van der Waals surface area contributed by atoms with Gasteiger partial charge in [0, 0.05) is 17.1 Å². The molecule has 0 radical (unpaired) electrons. The number of nitrogens with zero attached hydrogens (tertiary/aromatic N) is 1. The molecule has 4 unspecified atom stereocenters. The Morgan fingerprint density at radius 3 is 2.76 bits per heavy atom. The second-order valence-corrected chi connectivity index (χ2v) is 7.08. The SMILES string of the molecule is CCC(N)C(c1ccccc1Cl)N1CCCC2CCCC21. The number of nitrogens with two attached hydrogens (primary N) is 1. The maximum Gasteiger partial charge on any atom is 0.0516 e. The average molecular weight is 307 g/mol. The smallest absolute Gasteiger partial charge is 0.0516 e. The maximum absolute atomic E-state index is 6.53. The van der Waals surface area contributed by atoms with Crippen LogP contribution in [0.1, 0.15) is 57.1 Å². The highest BCUT2D eigenvalue weighted by Crippen LogP contribution is 2.42. The zero-order chi connectivity index (χ0) is 14.8. The first-order valence-electron chi connectivity index (χ1n) is 8.48. The molecule has 1 aromatic carbocycles. The number of rotatable bonds is 4. The fourth-order valence-corrected chi connectivity index (χ4v) is 4.68. The molecule has 1 saturated carbocycles. The Hall–Kier alpha value is -0.570. The van der Waals surface area contributed by atoms with Crippen LogP contribution in [0, 0.1) is 5.92 Å². The van der Waals surface area contributed by atoms with E-state index < -0.39 is 0 Å². The molecule has 3 heteroatoms. The first-order valence-corrected chi connectivity index (χ1v) is 8.86. The van der Waals surface area contributed by atoms with Gasteiger partial charge in [0.2, 0.25) is 0 Å². The minimum absolute atomic E-state index is 0.157. The van der Waals surface area contributed by atoms with Crippen molar-refractivity contribution < 1.29 is 0 Å². The monoisotopic (exact) mass is 306 g/mol. The summed E-state index contributed by atoms with van der Waals surface area (Å²) in [6.45, 7) is 3.36. The van der Waals surface area contributed by atoms with Gasteiger partial charge >= 0.3 is 0 Å². The molecule has 3 rings (SSSR count). The molecule has 4 atom stereocenters. The predicted octanol–water partition coefficient (Wildman–Crippen LogP) is 4.38. The molecule has 21 heavy (non-hydrogen) atoms. The lowest BCUT2D eigenvalue weighted by molar-refractivity contribution is 0.0538. The minimum Gasteiger partial charge on any atom is -0.326 e. The molecule has 2 fully saturated rings. The van der Waals surface area contributed by atoms with Crippen LogP contribution in [0.15, 0.2) is 24.3 Å². The third-order valence-corrected chi connectivity index (χ3v) is 5.84. The molecule has 0 spiro atoms. The molecule has 1 aromatic rings. The van der Waals surface area contributed by atoms with Gasteiger partial charge in [-0.3, -0.25) is 4.90 Å². The van der Waals surface area contributed by atoms with Gasteiger partial charge < -0.3 is 5.73 Å². The van der Waals surface area contributed by atoms with Gasteiger partial charge in [0.1, 0.15) is 0 Å². The summed E-state index contributed by atoms with van der Waals surface area (Å²) in [6, 6.07) is 9.42. The van der Waals surface area contributed by atoms with Crippen LogP contribution >= 0.6 is 11.6 Å². The van der Waals surface area contributed by atoms with Gasteiger partial charge in [-0.1, -0.05) is 43.1 Å². The molecule has 2 N–H and O–H groups in total. The number of hydrogen-bond acceptors (Lipinski definition) is 2. The second kappa shape index (κ2) is 6.68. The van der Waals surface area contributed by atoms with E-state index in [-0.39, 0.29) is 12.1 Å². The van der Waals surface area contributed by atoms with E-state index >= 15 is 0 Å². The van der Waals surface area contributed by atoms with E-state index in [2.05, 4.69) is 24.0 Å². The van der Waals surface area contributed by atoms with Crippen molar-refractivity contribution in [2.24, 2.45) is 11.7 Å². The van der Waals surface area contributed by atoms with Crippen LogP contribution in [0.5, 0.6) is 0 Å². The Labute approximate surface area is 133 Å². The molecule has 116 valence electrons. The number of hydrogen-bond donors (Lipinski definition) is 1. The normalized spacial score (nSPS) is 29.1. The first kappa shape index (κ1) is 15.3. The van der Waals surface area contributed by atoms with Gasteiger partial charge in [-0.05, 0) is 56.2 Å². The highest BCUT2D eigenvalue weighted by molar-refractivity contribution is 6.31. The van der Waals surface area contributed by atoms with E-state index in [1.807, 2.05) is 12.1 Å². The van der Waals surface area contributed by atoms with Gasteiger partial charge in [0.15, 0.2) is 0 Å². The van der Waals surface area contributed by atoms with Crippen LogP contribution < -0.4 is 5.73 Å². The lowest BCUT2D eigenvalue weighted by atomic mass is 9.87. The summed E-state index contributed by atoms with van der Waals surface area (Å²) in [6.07, 6.45) is 7.81. The van der Waals surface area contributed by atoms with E-state index in [9.17, 15) is 0 Å². The lowest BCUT2D eigenvalue weighted by Crippen LogP contribution is -2.50. The van der Waals surface area contributed by atoms with E-state index in [0.717, 1.165) is 23.4 Å². The Balaban J connectivity index is 1.94. The molecular formula is C18H27ClN2. The summed E-state index contributed by atoms with van der Waals surface area (Å²) >= 11 is 6.50. The number of halogens is 1. The van der Waals surface area contributed by atoms with Crippen LogP contribution in [0.3, 0.4) is 0 Å². The summed E-state index contributed by atoms with van der Waals surface area (Å²) in [4.78, 5) is 2.69. The molecule has 0 bridgehead atoms. The standard InChI is InChI=1S/C18H27ClN2/c1-2-16(20)18(14-9-3-4-10-15(14)19)21-12-6-8-13-7-5-11-17(13)21/h3-4,9-10,13,16-18H,2,5-8,11-12,20H2,1H3. The summed E-state index contributed by atoms with van der Waals surface area (Å²) in [5.41, 5.74) is 7.75. The van der Waals surface area contributed by atoms with E-state index in [1.54, 1.807) is 0 Å². The molecule has 0 aromatic heterocycles. The van der Waals surface area contributed by atoms with Crippen molar-refractivity contribution in [3.8, 4) is 0 Å². The minimum atomic E-state index is 0.157. The fourth-order valence-electron chi connectivity index (χ4n) is 4.43. The molecule has 1 aliphatic carbocycles. The van der Waals surface area contributed by atoms with Gasteiger partial charge in [-0.25, -0.2) is 0 Å². The Kier molecular flexibility index (Phi) is 4.88. The molecular weight excluding hydrogens is 280 g/mol. The van der Waals surface area contributed by atoms with Gasteiger partial charge in [0.25, 0.3) is 0 Å². The quantitative estimate of drug-likeness (QED) is 0.894. The van der Waals surface area contributed by atoms with Crippen molar-refractivity contribution >= 4 is 11.6 Å². The van der Waals surface area contributed by atoms with Crippen molar-refractivity contribution in [3.05, 3.63) is 34.9 Å². The number of piperidine rings is 1. The van der Waals surface area contributed by atoms with Crippen LogP contribution in [-0.4, -0.2) is 23.5 Å². The highest BCUT2D eigenvalue weighted by atomic mass is 35.5. The molecule has 1 heterocycles. The van der Waals surface area contributed by atoms with Crippen LogP contribution in [0.2, 0.25) is 5.02 Å². The van der Waals surface area contributed by atoms with Crippen LogP contribution in [0.25, 0.3) is 0 Å². The lowest BCUT2D eigenvalue weighted by Gasteiger charge is -2.45. The Morgan fingerprint density at radius 2 is 2.00 bits per heavy atom. The summed E-state index contributed by atoms with van der Waals surface area (Å²) in [5, 5.41) is 0.867. The molecule has 1 saturated heterocycles. The largest absolute Gasteiger partial charge is 0.326 e. The van der Waals surface area contributed by atoms with Crippen molar-refractivity contribution in [1.29, 1.82) is 0 Å². The second-order valence-electron chi connectivity index (χ2n) is 6.68. The Bertz CT molecular complexity index is 476. The fraction of sp³-hybridized carbons (Fsp3) is 0.667. The summed E-state index contributed by atoms with van der Waals surface area (Å²) in [5.74, 6) is 0.882. The summed E-state index contributed by atoms with van der Waals surface area (Å²) < 4.78 is 0. The average Bonchev–Trinajstić information content (AvgIpc) is 2.98.